The first-order chi connectivity index (χ1) is 14.6. The van der Waals surface area contributed by atoms with E-state index in [1.165, 1.54) is 11.6 Å². The van der Waals surface area contributed by atoms with Crippen LogP contribution in [-0.4, -0.2) is 52.8 Å². The van der Waals surface area contributed by atoms with Gasteiger partial charge >= 0.3 is 0 Å². The van der Waals surface area contributed by atoms with Gasteiger partial charge in [0.15, 0.2) is 0 Å². The Morgan fingerprint density at radius 3 is 2.47 bits per heavy atom. The largest absolute Gasteiger partial charge is 0.338 e. The molecule has 0 N–H and O–H groups in total. The molecule has 0 aliphatic carbocycles. The topological polar surface area (TPSA) is 53.5 Å². The average Bonchev–Trinajstić information content (AvgIpc) is 3.18. The van der Waals surface area contributed by atoms with Crippen molar-refractivity contribution in [2.45, 2.75) is 5.92 Å². The second-order valence-electron chi connectivity index (χ2n) is 8.29. The first-order valence-electron chi connectivity index (χ1n) is 10.2. The number of para-hydroxylation sites is 1. The Morgan fingerprint density at radius 1 is 0.967 bits per heavy atom. The van der Waals surface area contributed by atoms with Gasteiger partial charge in [-0.25, -0.2) is 0 Å². The number of likely N-dealkylation sites (tertiary alicyclic amines) is 2. The van der Waals surface area contributed by atoms with E-state index >= 15 is 0 Å². The highest BCUT2D eigenvalue weighted by atomic mass is 16.2. The highest BCUT2D eigenvalue weighted by Gasteiger charge is 2.56. The third-order valence-corrected chi connectivity index (χ3v) is 6.50. The van der Waals surface area contributed by atoms with E-state index < -0.39 is 0 Å². The van der Waals surface area contributed by atoms with Crippen LogP contribution in [0.25, 0.3) is 10.9 Å². The number of nitrogens with zero attached hydrogens (tertiary/aromatic N) is 3. The minimum atomic E-state index is -0.117. The minimum absolute atomic E-state index is 0.00485. The van der Waals surface area contributed by atoms with E-state index in [1.807, 2.05) is 58.3 Å². The van der Waals surface area contributed by atoms with Crippen molar-refractivity contribution in [1.29, 1.82) is 0 Å². The SMILES string of the molecule is C=CC(=O)N1C[C@@H](c2ccccc2)C2(C1)CN(C(=O)c1cccc3cccnc13)C2. The summed E-state index contributed by atoms with van der Waals surface area (Å²) >= 11 is 0. The molecule has 30 heavy (non-hydrogen) atoms. The average molecular weight is 397 g/mol. The molecule has 0 radical (unpaired) electrons. The van der Waals surface area contributed by atoms with Crippen LogP contribution in [0.15, 0.2) is 79.5 Å². The van der Waals surface area contributed by atoms with Gasteiger partial charge in [0, 0.05) is 49.1 Å². The number of aromatic nitrogens is 1. The van der Waals surface area contributed by atoms with E-state index in [0.29, 0.717) is 31.7 Å². The molecular formula is C25H23N3O2. The van der Waals surface area contributed by atoms with Crippen molar-refractivity contribution in [2.24, 2.45) is 5.41 Å². The van der Waals surface area contributed by atoms with Gasteiger partial charge in [0.1, 0.15) is 0 Å². The van der Waals surface area contributed by atoms with E-state index in [-0.39, 0.29) is 23.1 Å². The summed E-state index contributed by atoms with van der Waals surface area (Å²) in [5.41, 5.74) is 2.47. The zero-order valence-corrected chi connectivity index (χ0v) is 16.7. The zero-order chi connectivity index (χ0) is 20.7. The van der Waals surface area contributed by atoms with Crippen LogP contribution in [0.2, 0.25) is 0 Å². The molecule has 3 aromatic rings. The van der Waals surface area contributed by atoms with Crippen molar-refractivity contribution < 1.29 is 9.59 Å². The Bertz CT molecular complexity index is 1130. The summed E-state index contributed by atoms with van der Waals surface area (Å²) in [5.74, 6) is 0.165. The molecule has 3 heterocycles. The summed E-state index contributed by atoms with van der Waals surface area (Å²) in [6.45, 7) is 6.22. The smallest absolute Gasteiger partial charge is 0.256 e. The van der Waals surface area contributed by atoms with Crippen molar-refractivity contribution in [3.05, 3.63) is 90.6 Å². The molecule has 1 atom stereocenters. The molecule has 2 aromatic carbocycles. The van der Waals surface area contributed by atoms with Crippen LogP contribution >= 0.6 is 0 Å². The van der Waals surface area contributed by atoms with Crippen molar-refractivity contribution in [1.82, 2.24) is 14.8 Å². The molecule has 1 aromatic heterocycles. The maximum absolute atomic E-state index is 13.3. The number of hydrogen-bond donors (Lipinski definition) is 0. The molecular weight excluding hydrogens is 374 g/mol. The summed E-state index contributed by atoms with van der Waals surface area (Å²) in [6, 6.07) is 19.9. The number of hydrogen-bond acceptors (Lipinski definition) is 3. The lowest BCUT2D eigenvalue weighted by atomic mass is 9.69. The first kappa shape index (κ1) is 18.6. The lowest BCUT2D eigenvalue weighted by molar-refractivity contribution is -0.125. The summed E-state index contributed by atoms with van der Waals surface area (Å²) in [6.07, 6.45) is 3.10. The number of carbonyl (C=O) groups is 2. The van der Waals surface area contributed by atoms with Crippen molar-refractivity contribution >= 4 is 22.7 Å². The minimum Gasteiger partial charge on any atom is -0.338 e. The van der Waals surface area contributed by atoms with Crippen LogP contribution in [0.3, 0.4) is 0 Å². The molecule has 0 unspecified atom stereocenters. The molecule has 2 aliphatic heterocycles. The van der Waals surface area contributed by atoms with Gasteiger partial charge in [0.05, 0.1) is 11.1 Å². The van der Waals surface area contributed by atoms with Crippen molar-refractivity contribution in [3.8, 4) is 0 Å². The molecule has 2 amide bonds. The van der Waals surface area contributed by atoms with Gasteiger partial charge in [-0.1, -0.05) is 55.1 Å². The zero-order valence-electron chi connectivity index (χ0n) is 16.7. The number of rotatable bonds is 3. The van der Waals surface area contributed by atoms with Crippen molar-refractivity contribution in [3.63, 3.8) is 0 Å². The molecule has 150 valence electrons. The van der Waals surface area contributed by atoms with Crippen molar-refractivity contribution in [2.75, 3.05) is 26.2 Å². The van der Waals surface area contributed by atoms with Crippen LogP contribution in [0.5, 0.6) is 0 Å². The monoisotopic (exact) mass is 397 g/mol. The predicted molar refractivity (Wildman–Crippen MR) is 116 cm³/mol. The number of amides is 2. The van der Waals surface area contributed by atoms with E-state index in [2.05, 4.69) is 23.7 Å². The predicted octanol–water partition coefficient (Wildman–Crippen LogP) is 3.49. The molecule has 5 nitrogen and oxygen atoms in total. The van der Waals surface area contributed by atoms with Crippen LogP contribution in [0.4, 0.5) is 0 Å². The summed E-state index contributed by atoms with van der Waals surface area (Å²) in [5, 5.41) is 0.962. The second kappa shape index (κ2) is 7.10. The maximum Gasteiger partial charge on any atom is 0.256 e. The molecule has 2 fully saturated rings. The van der Waals surface area contributed by atoms with E-state index in [9.17, 15) is 9.59 Å². The Hall–Kier alpha value is -3.47. The second-order valence-corrected chi connectivity index (χ2v) is 8.29. The number of pyridine rings is 1. The standard InChI is InChI=1S/C25H23N3O2/c1-2-22(29)27-14-21(18-8-4-3-5-9-18)25(15-27)16-28(17-25)24(30)20-12-6-10-19-11-7-13-26-23(19)20/h2-13,21H,1,14-17H2/t21-/m0/s1. The van der Waals surface area contributed by atoms with Crippen LogP contribution < -0.4 is 0 Å². The third-order valence-electron chi connectivity index (χ3n) is 6.50. The molecule has 2 saturated heterocycles. The Labute approximate surface area is 175 Å². The maximum atomic E-state index is 13.3. The van der Waals surface area contributed by atoms with Gasteiger partial charge < -0.3 is 9.80 Å². The molecule has 0 bridgehead atoms. The van der Waals surface area contributed by atoms with Gasteiger partial charge in [-0.3, -0.25) is 14.6 Å². The number of benzene rings is 2. The first-order valence-corrected chi connectivity index (χ1v) is 10.2. The Morgan fingerprint density at radius 2 is 1.70 bits per heavy atom. The number of carbonyl (C=O) groups excluding carboxylic acids is 2. The normalized spacial score (nSPS) is 19.7. The molecule has 5 rings (SSSR count). The van der Waals surface area contributed by atoms with Gasteiger partial charge in [0.25, 0.3) is 5.91 Å². The van der Waals surface area contributed by atoms with Crippen LogP contribution in [0, 0.1) is 5.41 Å². The lowest BCUT2D eigenvalue weighted by Crippen LogP contribution is -2.61. The van der Waals surface area contributed by atoms with E-state index in [1.54, 1.807) is 6.20 Å². The summed E-state index contributed by atoms with van der Waals surface area (Å²) in [7, 11) is 0. The summed E-state index contributed by atoms with van der Waals surface area (Å²) in [4.78, 5) is 33.8. The molecule has 1 spiro atoms. The highest BCUT2D eigenvalue weighted by molar-refractivity contribution is 6.05. The molecule has 5 heteroatoms. The fourth-order valence-corrected chi connectivity index (χ4v) is 5.04. The Balaban J connectivity index is 1.43. The molecule has 0 saturated carbocycles. The molecule has 2 aliphatic rings. The van der Waals surface area contributed by atoms with Gasteiger partial charge in [-0.05, 0) is 23.8 Å². The van der Waals surface area contributed by atoms with E-state index in [4.69, 9.17) is 0 Å². The highest BCUT2D eigenvalue weighted by Crippen LogP contribution is 2.49. The summed E-state index contributed by atoms with van der Waals surface area (Å²) < 4.78 is 0. The van der Waals surface area contributed by atoms with Crippen LogP contribution in [0.1, 0.15) is 21.8 Å². The van der Waals surface area contributed by atoms with Crippen LogP contribution in [-0.2, 0) is 4.79 Å². The third kappa shape index (κ3) is 2.89. The fraction of sp³-hybridized carbons (Fsp3) is 0.240. The van der Waals surface area contributed by atoms with E-state index in [0.717, 1.165) is 10.9 Å². The van der Waals surface area contributed by atoms with Gasteiger partial charge in [-0.15, -0.1) is 0 Å². The van der Waals surface area contributed by atoms with Gasteiger partial charge in [-0.2, -0.15) is 0 Å². The van der Waals surface area contributed by atoms with Gasteiger partial charge in [0.2, 0.25) is 5.91 Å². The lowest BCUT2D eigenvalue weighted by Gasteiger charge is -2.51. The number of fused-ring (bicyclic) bond motifs is 1. The fourth-order valence-electron chi connectivity index (χ4n) is 5.04. The quantitative estimate of drug-likeness (QED) is 0.636. The Kier molecular flexibility index (Phi) is 4.39.